The normalized spacial score (nSPS) is 11.2. The molecule has 0 spiro atoms. The van der Waals surface area contributed by atoms with Gasteiger partial charge in [0.25, 0.3) is 0 Å². The maximum atomic E-state index is 5.18. The quantitative estimate of drug-likeness (QED) is 0.526. The Balaban J connectivity index is 3.03. The van der Waals surface area contributed by atoms with Crippen molar-refractivity contribution in [3.8, 4) is 0 Å². The molecule has 0 bridgehead atoms. The molecular formula is C3H5Cl2N. The fourth-order valence-corrected chi connectivity index (χ4v) is 0.252. The fourth-order valence-electron chi connectivity index (χ4n) is 0.0840. The van der Waals surface area contributed by atoms with Crippen LogP contribution in [0.4, 0.5) is 0 Å². The summed E-state index contributed by atoms with van der Waals surface area (Å²) < 4.78 is 0. The molecule has 0 aliphatic heterocycles. The topological polar surface area (TPSA) is 26.0 Å². The Morgan fingerprint density at radius 3 is 2.00 bits per heavy atom. The van der Waals surface area contributed by atoms with E-state index in [1.165, 1.54) is 12.3 Å². The number of rotatable bonds is 1. The van der Waals surface area contributed by atoms with Crippen LogP contribution in [0.5, 0.6) is 0 Å². The second kappa shape index (κ2) is 3.32. The zero-order chi connectivity index (χ0) is 4.99. The SMILES string of the molecule is NC=CC(Cl)Cl. The Morgan fingerprint density at radius 1 is 1.50 bits per heavy atom. The predicted octanol–water partition coefficient (Wildman–Crippen LogP) is 1.26. The molecule has 0 amide bonds. The smallest absolute Gasteiger partial charge is 0.127 e. The molecule has 0 aliphatic carbocycles. The van der Waals surface area contributed by atoms with E-state index in [1.807, 2.05) is 0 Å². The molecule has 0 aromatic carbocycles. The number of nitrogens with two attached hydrogens (primary N) is 1. The number of alkyl halides is 2. The molecule has 0 aliphatic rings. The van der Waals surface area contributed by atoms with Crippen LogP contribution in [0.2, 0.25) is 0 Å². The van der Waals surface area contributed by atoms with Crippen molar-refractivity contribution in [3.05, 3.63) is 12.3 Å². The molecule has 0 atom stereocenters. The van der Waals surface area contributed by atoms with E-state index in [0.29, 0.717) is 0 Å². The van der Waals surface area contributed by atoms with Crippen LogP contribution in [0.1, 0.15) is 0 Å². The van der Waals surface area contributed by atoms with Crippen LogP contribution in [0, 0.1) is 0 Å². The van der Waals surface area contributed by atoms with Gasteiger partial charge in [-0.25, -0.2) is 0 Å². The molecule has 0 saturated heterocycles. The first-order valence-corrected chi connectivity index (χ1v) is 2.31. The zero-order valence-electron chi connectivity index (χ0n) is 3.07. The summed E-state index contributed by atoms with van der Waals surface area (Å²) in [6.07, 6.45) is 2.79. The second-order valence-corrected chi connectivity index (χ2v) is 1.88. The Kier molecular flexibility index (Phi) is 3.38. The summed E-state index contributed by atoms with van der Waals surface area (Å²) in [6.45, 7) is 0. The summed E-state index contributed by atoms with van der Waals surface area (Å²) >= 11 is 10.4. The van der Waals surface area contributed by atoms with Crippen molar-refractivity contribution in [2.75, 3.05) is 0 Å². The summed E-state index contributed by atoms with van der Waals surface area (Å²) in [4.78, 5) is -0.463. The molecule has 6 heavy (non-hydrogen) atoms. The van der Waals surface area contributed by atoms with Crippen molar-refractivity contribution in [2.45, 2.75) is 4.84 Å². The Bertz CT molecular complexity index is 50.8. The fraction of sp³-hybridized carbons (Fsp3) is 0.333. The van der Waals surface area contributed by atoms with Gasteiger partial charge in [-0.05, 0) is 12.3 Å². The number of halogens is 2. The van der Waals surface area contributed by atoms with Gasteiger partial charge in [0.05, 0.1) is 0 Å². The van der Waals surface area contributed by atoms with Crippen molar-refractivity contribution in [3.63, 3.8) is 0 Å². The van der Waals surface area contributed by atoms with Gasteiger partial charge in [-0.3, -0.25) is 0 Å². The van der Waals surface area contributed by atoms with Gasteiger partial charge in [0.1, 0.15) is 4.84 Å². The first-order chi connectivity index (χ1) is 2.77. The van der Waals surface area contributed by atoms with Crippen LogP contribution < -0.4 is 5.73 Å². The van der Waals surface area contributed by atoms with Crippen molar-refractivity contribution in [1.82, 2.24) is 0 Å². The van der Waals surface area contributed by atoms with Crippen LogP contribution in [0.15, 0.2) is 12.3 Å². The Morgan fingerprint density at radius 2 is 2.00 bits per heavy atom. The van der Waals surface area contributed by atoms with Crippen LogP contribution in [-0.2, 0) is 0 Å². The molecule has 2 N–H and O–H groups in total. The molecule has 3 heteroatoms. The van der Waals surface area contributed by atoms with Crippen molar-refractivity contribution < 1.29 is 0 Å². The zero-order valence-corrected chi connectivity index (χ0v) is 4.58. The lowest BCUT2D eigenvalue weighted by Gasteiger charge is -1.81. The number of allylic oxidation sites excluding steroid dienone is 1. The van der Waals surface area contributed by atoms with E-state index in [4.69, 9.17) is 28.9 Å². The largest absolute Gasteiger partial charge is 0.405 e. The summed E-state index contributed by atoms with van der Waals surface area (Å²) in [5.41, 5.74) is 4.88. The molecule has 0 radical (unpaired) electrons. The van der Waals surface area contributed by atoms with Crippen molar-refractivity contribution in [1.29, 1.82) is 0 Å². The molecule has 1 nitrogen and oxygen atoms in total. The molecule has 0 rings (SSSR count). The minimum absolute atomic E-state index is 0.463. The second-order valence-electron chi connectivity index (χ2n) is 0.719. The van der Waals surface area contributed by atoms with Gasteiger partial charge in [0.2, 0.25) is 0 Å². The average molecular weight is 126 g/mol. The number of hydrogen-bond acceptors (Lipinski definition) is 1. The monoisotopic (exact) mass is 125 g/mol. The van der Waals surface area contributed by atoms with Crippen LogP contribution in [-0.4, -0.2) is 4.84 Å². The van der Waals surface area contributed by atoms with E-state index < -0.39 is 4.84 Å². The maximum absolute atomic E-state index is 5.18. The van der Waals surface area contributed by atoms with Crippen LogP contribution >= 0.6 is 23.2 Å². The van der Waals surface area contributed by atoms with Gasteiger partial charge in [0, 0.05) is 0 Å². The minimum atomic E-state index is -0.463. The highest BCUT2D eigenvalue weighted by atomic mass is 35.5. The first-order valence-electron chi connectivity index (χ1n) is 1.44. The summed E-state index contributed by atoms with van der Waals surface area (Å²) in [5.74, 6) is 0. The third kappa shape index (κ3) is 4.12. The third-order valence-corrected chi connectivity index (χ3v) is 0.548. The third-order valence-electron chi connectivity index (χ3n) is 0.257. The van der Waals surface area contributed by atoms with Gasteiger partial charge in [-0.1, -0.05) is 0 Å². The average Bonchev–Trinajstić information content (AvgIpc) is 1.35. The predicted molar refractivity (Wildman–Crippen MR) is 28.8 cm³/mol. The van der Waals surface area contributed by atoms with Gasteiger partial charge >= 0.3 is 0 Å². The first kappa shape index (κ1) is 6.12. The Hall–Kier alpha value is 0.120. The lowest BCUT2D eigenvalue weighted by molar-refractivity contribution is 1.50. The standard InChI is InChI=1S/C3H5Cl2N/c4-3(5)1-2-6/h1-3H,6H2. The lowest BCUT2D eigenvalue weighted by atomic mass is 10.7. The highest BCUT2D eigenvalue weighted by molar-refractivity contribution is 6.45. The minimum Gasteiger partial charge on any atom is -0.405 e. The summed E-state index contributed by atoms with van der Waals surface area (Å²) in [7, 11) is 0. The lowest BCUT2D eigenvalue weighted by Crippen LogP contribution is -1.81. The molecule has 0 aromatic rings. The van der Waals surface area contributed by atoms with E-state index in [-0.39, 0.29) is 0 Å². The molecule has 0 fully saturated rings. The van der Waals surface area contributed by atoms with Gasteiger partial charge in [0.15, 0.2) is 0 Å². The number of hydrogen-bond donors (Lipinski definition) is 1. The van der Waals surface area contributed by atoms with Crippen molar-refractivity contribution in [2.24, 2.45) is 5.73 Å². The van der Waals surface area contributed by atoms with Crippen molar-refractivity contribution >= 4 is 23.2 Å². The van der Waals surface area contributed by atoms with Crippen LogP contribution in [0.3, 0.4) is 0 Å². The molecule has 36 valence electrons. The maximum Gasteiger partial charge on any atom is 0.127 e. The van der Waals surface area contributed by atoms with Crippen LogP contribution in [0.25, 0.3) is 0 Å². The summed E-state index contributed by atoms with van der Waals surface area (Å²) in [6, 6.07) is 0. The molecule has 0 saturated carbocycles. The summed E-state index contributed by atoms with van der Waals surface area (Å²) in [5, 5.41) is 0. The molecule has 0 heterocycles. The van der Waals surface area contributed by atoms with E-state index in [2.05, 4.69) is 0 Å². The van der Waals surface area contributed by atoms with Gasteiger partial charge < -0.3 is 5.73 Å². The van der Waals surface area contributed by atoms with E-state index in [1.54, 1.807) is 0 Å². The highest BCUT2D eigenvalue weighted by Crippen LogP contribution is 2.00. The highest BCUT2D eigenvalue weighted by Gasteiger charge is 1.83. The van der Waals surface area contributed by atoms with E-state index in [9.17, 15) is 0 Å². The van der Waals surface area contributed by atoms with Gasteiger partial charge in [-0.15, -0.1) is 23.2 Å². The van der Waals surface area contributed by atoms with E-state index in [0.717, 1.165) is 0 Å². The molecule has 0 aromatic heterocycles. The Labute approximate surface area is 46.7 Å². The molecular weight excluding hydrogens is 121 g/mol. The molecule has 0 unspecified atom stereocenters. The van der Waals surface area contributed by atoms with E-state index >= 15 is 0 Å². The van der Waals surface area contributed by atoms with Gasteiger partial charge in [-0.2, -0.15) is 0 Å².